The van der Waals surface area contributed by atoms with Crippen molar-refractivity contribution < 1.29 is 9.53 Å². The Hall–Kier alpha value is -1.58. The van der Waals surface area contributed by atoms with Crippen LogP contribution in [0.15, 0.2) is 18.3 Å². The molecule has 1 aromatic rings. The smallest absolute Gasteiger partial charge is 0.171 e. The van der Waals surface area contributed by atoms with Gasteiger partial charge in [0.15, 0.2) is 11.6 Å². The average Bonchev–Trinajstić information content (AvgIpc) is 2.45. The highest BCUT2D eigenvalue weighted by molar-refractivity contribution is 5.67. The lowest BCUT2D eigenvalue weighted by Gasteiger charge is -2.34. The number of hydrogen-bond acceptors (Lipinski definition) is 4. The summed E-state index contributed by atoms with van der Waals surface area (Å²) in [5.74, 6) is 1.59. The number of aldehydes is 1. The zero-order chi connectivity index (χ0) is 12.8. The molecule has 1 atom stereocenters. The standard InChI is InChI=1S/C14H20N2O2/c1-2-10-18-13-7-5-8-15-14(13)16-9-4-3-6-12(16)11-17/h5,7-8,11-12H,2-4,6,9-10H2,1H3. The van der Waals surface area contributed by atoms with Gasteiger partial charge in [0.25, 0.3) is 0 Å². The van der Waals surface area contributed by atoms with Gasteiger partial charge in [-0.25, -0.2) is 4.98 Å². The van der Waals surface area contributed by atoms with E-state index in [-0.39, 0.29) is 6.04 Å². The lowest BCUT2D eigenvalue weighted by Crippen LogP contribution is -2.41. The number of aromatic nitrogens is 1. The van der Waals surface area contributed by atoms with Crippen molar-refractivity contribution >= 4 is 12.1 Å². The van der Waals surface area contributed by atoms with Gasteiger partial charge in [0, 0.05) is 12.7 Å². The van der Waals surface area contributed by atoms with E-state index < -0.39 is 0 Å². The van der Waals surface area contributed by atoms with Gasteiger partial charge in [-0.05, 0) is 37.8 Å². The minimum atomic E-state index is -0.0578. The summed E-state index contributed by atoms with van der Waals surface area (Å²) in [6.45, 7) is 3.63. The second kappa shape index (κ2) is 6.38. The van der Waals surface area contributed by atoms with E-state index in [1.165, 1.54) is 0 Å². The molecule has 0 spiro atoms. The Kier molecular flexibility index (Phi) is 4.56. The third kappa shape index (κ3) is 2.81. The number of carbonyl (C=O) groups is 1. The van der Waals surface area contributed by atoms with Crippen LogP contribution in [0.5, 0.6) is 5.75 Å². The lowest BCUT2D eigenvalue weighted by atomic mass is 10.0. The van der Waals surface area contributed by atoms with Crippen molar-refractivity contribution in [3.8, 4) is 5.75 Å². The quantitative estimate of drug-likeness (QED) is 0.751. The summed E-state index contributed by atoms with van der Waals surface area (Å²) >= 11 is 0. The molecule has 4 nitrogen and oxygen atoms in total. The van der Waals surface area contributed by atoms with Gasteiger partial charge in [0.1, 0.15) is 6.29 Å². The van der Waals surface area contributed by atoms with Crippen LogP contribution in [0.3, 0.4) is 0 Å². The highest BCUT2D eigenvalue weighted by Crippen LogP contribution is 2.30. The van der Waals surface area contributed by atoms with Gasteiger partial charge in [0.05, 0.1) is 12.6 Å². The highest BCUT2D eigenvalue weighted by Gasteiger charge is 2.25. The molecule has 18 heavy (non-hydrogen) atoms. The predicted molar refractivity (Wildman–Crippen MR) is 71.1 cm³/mol. The molecule has 1 aromatic heterocycles. The van der Waals surface area contributed by atoms with Crippen LogP contribution in [0.2, 0.25) is 0 Å². The molecule has 2 rings (SSSR count). The number of anilines is 1. The van der Waals surface area contributed by atoms with Gasteiger partial charge in [0.2, 0.25) is 0 Å². The van der Waals surface area contributed by atoms with E-state index in [1.807, 2.05) is 12.1 Å². The summed E-state index contributed by atoms with van der Waals surface area (Å²) in [6, 6.07) is 3.74. The Morgan fingerprint density at radius 2 is 2.44 bits per heavy atom. The maximum absolute atomic E-state index is 11.2. The van der Waals surface area contributed by atoms with Crippen molar-refractivity contribution in [3.63, 3.8) is 0 Å². The van der Waals surface area contributed by atoms with E-state index in [9.17, 15) is 4.79 Å². The van der Waals surface area contributed by atoms with Crippen molar-refractivity contribution in [2.24, 2.45) is 0 Å². The van der Waals surface area contributed by atoms with Gasteiger partial charge >= 0.3 is 0 Å². The average molecular weight is 248 g/mol. The molecule has 1 saturated heterocycles. The molecule has 1 unspecified atom stereocenters. The first-order valence-corrected chi connectivity index (χ1v) is 6.66. The van der Waals surface area contributed by atoms with Crippen LogP contribution in [0.4, 0.5) is 5.82 Å². The van der Waals surface area contributed by atoms with Crippen molar-refractivity contribution in [3.05, 3.63) is 18.3 Å². The lowest BCUT2D eigenvalue weighted by molar-refractivity contribution is -0.109. The second-order valence-electron chi connectivity index (χ2n) is 4.57. The van der Waals surface area contributed by atoms with Gasteiger partial charge in [-0.2, -0.15) is 0 Å². The maximum Gasteiger partial charge on any atom is 0.171 e. The molecule has 0 bridgehead atoms. The van der Waals surface area contributed by atoms with Crippen LogP contribution in [-0.4, -0.2) is 30.5 Å². The minimum Gasteiger partial charge on any atom is -0.490 e. The molecule has 0 N–H and O–H groups in total. The summed E-state index contributed by atoms with van der Waals surface area (Å²) in [4.78, 5) is 17.6. The summed E-state index contributed by atoms with van der Waals surface area (Å²) in [6.07, 6.45) is 6.87. The van der Waals surface area contributed by atoms with Crippen LogP contribution < -0.4 is 9.64 Å². The fourth-order valence-electron chi connectivity index (χ4n) is 2.28. The molecule has 0 radical (unpaired) electrons. The molecular formula is C14H20N2O2. The minimum absolute atomic E-state index is 0.0578. The van der Waals surface area contributed by atoms with Crippen LogP contribution in [0.25, 0.3) is 0 Å². The van der Waals surface area contributed by atoms with Crippen LogP contribution in [0, 0.1) is 0 Å². The molecule has 0 aromatic carbocycles. The second-order valence-corrected chi connectivity index (χ2v) is 4.57. The predicted octanol–water partition coefficient (Wildman–Crippen LogP) is 2.43. The molecule has 1 aliphatic rings. The molecule has 4 heteroatoms. The largest absolute Gasteiger partial charge is 0.490 e. The molecular weight excluding hydrogens is 228 g/mol. The van der Waals surface area contributed by atoms with E-state index in [0.29, 0.717) is 6.61 Å². The number of carbonyl (C=O) groups excluding carboxylic acids is 1. The number of pyridine rings is 1. The topological polar surface area (TPSA) is 42.4 Å². The molecule has 1 fully saturated rings. The van der Waals surface area contributed by atoms with E-state index in [1.54, 1.807) is 6.20 Å². The first-order chi connectivity index (χ1) is 8.86. The number of ether oxygens (including phenoxy) is 1. The highest BCUT2D eigenvalue weighted by atomic mass is 16.5. The van der Waals surface area contributed by atoms with Crippen LogP contribution >= 0.6 is 0 Å². The zero-order valence-corrected chi connectivity index (χ0v) is 10.8. The van der Waals surface area contributed by atoms with Crippen molar-refractivity contribution in [1.29, 1.82) is 0 Å². The maximum atomic E-state index is 11.2. The summed E-state index contributed by atoms with van der Waals surface area (Å²) < 4.78 is 5.71. The number of rotatable bonds is 5. The summed E-state index contributed by atoms with van der Waals surface area (Å²) in [7, 11) is 0. The Balaban J connectivity index is 2.22. The third-order valence-corrected chi connectivity index (χ3v) is 3.19. The molecule has 0 saturated carbocycles. The Morgan fingerprint density at radius 3 is 3.22 bits per heavy atom. The molecule has 0 aliphatic carbocycles. The number of piperidine rings is 1. The number of nitrogens with zero attached hydrogens (tertiary/aromatic N) is 2. The summed E-state index contributed by atoms with van der Waals surface area (Å²) in [5, 5.41) is 0. The molecule has 98 valence electrons. The Morgan fingerprint density at radius 1 is 1.56 bits per heavy atom. The molecule has 2 heterocycles. The van der Waals surface area contributed by atoms with Crippen molar-refractivity contribution in [2.75, 3.05) is 18.1 Å². The monoisotopic (exact) mass is 248 g/mol. The van der Waals surface area contributed by atoms with Gasteiger partial charge in [-0.1, -0.05) is 6.92 Å². The van der Waals surface area contributed by atoms with E-state index in [2.05, 4.69) is 16.8 Å². The molecule has 1 aliphatic heterocycles. The SMILES string of the molecule is CCCOc1cccnc1N1CCCCC1C=O. The first kappa shape index (κ1) is 12.9. The summed E-state index contributed by atoms with van der Waals surface area (Å²) in [5.41, 5.74) is 0. The third-order valence-electron chi connectivity index (χ3n) is 3.19. The Labute approximate surface area is 108 Å². The van der Waals surface area contributed by atoms with Crippen molar-refractivity contribution in [1.82, 2.24) is 4.98 Å². The Bertz CT molecular complexity index is 395. The van der Waals surface area contributed by atoms with Gasteiger partial charge in [-0.3, -0.25) is 0 Å². The first-order valence-electron chi connectivity index (χ1n) is 6.66. The van der Waals surface area contributed by atoms with Crippen molar-refractivity contribution in [2.45, 2.75) is 38.6 Å². The van der Waals surface area contributed by atoms with E-state index >= 15 is 0 Å². The fraction of sp³-hybridized carbons (Fsp3) is 0.571. The van der Waals surface area contributed by atoms with Crippen LogP contribution in [0.1, 0.15) is 32.6 Å². The van der Waals surface area contributed by atoms with E-state index in [4.69, 9.17) is 4.74 Å². The van der Waals surface area contributed by atoms with Gasteiger partial charge < -0.3 is 14.4 Å². The normalized spacial score (nSPS) is 19.6. The fourth-order valence-corrected chi connectivity index (χ4v) is 2.28. The van der Waals surface area contributed by atoms with Crippen LogP contribution in [-0.2, 0) is 4.79 Å². The molecule has 0 amide bonds. The number of hydrogen-bond donors (Lipinski definition) is 0. The zero-order valence-electron chi connectivity index (χ0n) is 10.8. The van der Waals surface area contributed by atoms with Gasteiger partial charge in [-0.15, -0.1) is 0 Å². The van der Waals surface area contributed by atoms with E-state index in [0.717, 1.165) is 50.1 Å².